The molecule has 0 unspecified atom stereocenters. The van der Waals surface area contributed by atoms with Crippen LogP contribution in [0.25, 0.3) is 0 Å². The zero-order chi connectivity index (χ0) is 17.2. The predicted molar refractivity (Wildman–Crippen MR) is 100 cm³/mol. The van der Waals surface area contributed by atoms with Crippen LogP contribution in [0.5, 0.6) is 0 Å². The van der Waals surface area contributed by atoms with Gasteiger partial charge in [-0.2, -0.15) is 0 Å². The summed E-state index contributed by atoms with van der Waals surface area (Å²) in [4.78, 5) is 11.6. The van der Waals surface area contributed by atoms with Crippen LogP contribution in [0.1, 0.15) is 70.3 Å². The zero-order valence-corrected chi connectivity index (χ0v) is 15.1. The maximum atomic E-state index is 11.6. The van der Waals surface area contributed by atoms with Gasteiger partial charge >= 0.3 is 6.09 Å². The normalized spacial score (nSPS) is 20.9. The fourth-order valence-electron chi connectivity index (χ4n) is 3.29. The molecule has 0 bridgehead atoms. The molecular weight excluding hydrogens is 298 g/mol. The Bertz CT molecular complexity index is 513. The molecule has 1 aliphatic rings. The second-order valence-corrected chi connectivity index (χ2v) is 6.71. The van der Waals surface area contributed by atoms with Gasteiger partial charge in [-0.05, 0) is 68.1 Å². The van der Waals surface area contributed by atoms with Gasteiger partial charge < -0.3 is 4.74 Å². The number of carbonyl (C=O) groups is 1. The highest BCUT2D eigenvalue weighted by atomic mass is 16.5. The number of benzene rings is 1. The molecule has 0 aliphatic heterocycles. The van der Waals surface area contributed by atoms with E-state index in [1.807, 2.05) is 19.1 Å². The van der Waals surface area contributed by atoms with E-state index in [-0.39, 0.29) is 6.09 Å². The molecule has 1 saturated carbocycles. The van der Waals surface area contributed by atoms with Crippen LogP contribution in [0.2, 0.25) is 0 Å². The highest BCUT2D eigenvalue weighted by Gasteiger charge is 2.20. The molecule has 1 aromatic rings. The lowest BCUT2D eigenvalue weighted by Crippen LogP contribution is -2.14. The Balaban J connectivity index is 1.80. The number of ether oxygens (including phenoxy) is 1. The van der Waals surface area contributed by atoms with Crippen LogP contribution >= 0.6 is 0 Å². The van der Waals surface area contributed by atoms with Gasteiger partial charge in [-0.15, -0.1) is 0 Å². The van der Waals surface area contributed by atoms with Crippen LogP contribution in [0.15, 0.2) is 36.4 Å². The van der Waals surface area contributed by atoms with E-state index in [2.05, 4.69) is 36.5 Å². The summed E-state index contributed by atoms with van der Waals surface area (Å²) >= 11 is 0. The molecule has 1 aromatic carbocycles. The van der Waals surface area contributed by atoms with E-state index < -0.39 is 0 Å². The van der Waals surface area contributed by atoms with E-state index in [0.717, 1.165) is 18.0 Å². The second kappa shape index (κ2) is 10.2. The van der Waals surface area contributed by atoms with Crippen LogP contribution in [0.3, 0.4) is 0 Å². The highest BCUT2D eigenvalue weighted by molar-refractivity contribution is 5.84. The molecule has 1 N–H and O–H groups in total. The number of anilines is 1. The molecule has 1 fully saturated rings. The number of unbranched alkanes of at least 4 members (excludes halogenated alkanes) is 1. The maximum Gasteiger partial charge on any atom is 0.411 e. The van der Waals surface area contributed by atoms with Gasteiger partial charge in [0, 0.05) is 5.69 Å². The summed E-state index contributed by atoms with van der Waals surface area (Å²) in [7, 11) is 0. The number of nitrogens with one attached hydrogen (secondary N) is 1. The zero-order valence-electron chi connectivity index (χ0n) is 15.1. The van der Waals surface area contributed by atoms with Crippen LogP contribution in [0.4, 0.5) is 10.5 Å². The van der Waals surface area contributed by atoms with Gasteiger partial charge in [-0.25, -0.2) is 4.79 Å². The fraction of sp³-hybridized carbons (Fsp3) is 0.571. The molecule has 0 heterocycles. The average molecular weight is 329 g/mol. The van der Waals surface area contributed by atoms with Crippen molar-refractivity contribution in [3.8, 4) is 0 Å². The van der Waals surface area contributed by atoms with Gasteiger partial charge in [-0.1, -0.05) is 44.6 Å². The van der Waals surface area contributed by atoms with Crippen molar-refractivity contribution >= 4 is 11.8 Å². The topological polar surface area (TPSA) is 38.3 Å². The van der Waals surface area contributed by atoms with Crippen molar-refractivity contribution in [2.45, 2.75) is 64.7 Å². The third kappa shape index (κ3) is 6.03. The van der Waals surface area contributed by atoms with Crippen LogP contribution in [-0.2, 0) is 4.74 Å². The first-order valence-corrected chi connectivity index (χ1v) is 9.43. The Morgan fingerprint density at radius 3 is 2.46 bits per heavy atom. The van der Waals surface area contributed by atoms with Gasteiger partial charge in [0.1, 0.15) is 0 Å². The molecule has 1 amide bonds. The summed E-state index contributed by atoms with van der Waals surface area (Å²) in [6, 6.07) is 8.26. The number of carbonyl (C=O) groups excluding carboxylic acids is 1. The summed E-state index contributed by atoms with van der Waals surface area (Å²) in [5.41, 5.74) is 2.19. The number of hydrogen-bond acceptors (Lipinski definition) is 2. The Morgan fingerprint density at radius 2 is 1.83 bits per heavy atom. The fourth-order valence-corrected chi connectivity index (χ4v) is 3.29. The van der Waals surface area contributed by atoms with Crippen molar-refractivity contribution in [1.82, 2.24) is 0 Å². The molecule has 24 heavy (non-hydrogen) atoms. The van der Waals surface area contributed by atoms with E-state index in [1.54, 1.807) is 0 Å². The molecule has 3 heteroatoms. The molecule has 0 radical (unpaired) electrons. The van der Waals surface area contributed by atoms with Crippen molar-refractivity contribution in [3.05, 3.63) is 42.0 Å². The third-order valence-corrected chi connectivity index (χ3v) is 4.70. The van der Waals surface area contributed by atoms with Gasteiger partial charge in [0.15, 0.2) is 0 Å². The standard InChI is InChI=1S/C21H31NO2/c1-3-5-6-7-17-8-10-18(11-9-17)19-12-14-20(15-13-19)22-21(23)24-16-4-2/h6-7,12-15,17-18H,3-5,8-11,16H2,1-2H3,(H,22,23)/t17-,18-. The first-order chi connectivity index (χ1) is 11.7. The van der Waals surface area contributed by atoms with E-state index in [4.69, 9.17) is 4.74 Å². The number of amides is 1. The Hall–Kier alpha value is -1.77. The van der Waals surface area contributed by atoms with Crippen molar-refractivity contribution in [3.63, 3.8) is 0 Å². The third-order valence-electron chi connectivity index (χ3n) is 4.70. The Morgan fingerprint density at radius 1 is 1.12 bits per heavy atom. The lowest BCUT2D eigenvalue weighted by atomic mass is 9.78. The molecule has 3 nitrogen and oxygen atoms in total. The molecule has 0 saturated heterocycles. The predicted octanol–water partition coefficient (Wildman–Crippen LogP) is 6.28. The van der Waals surface area contributed by atoms with Gasteiger partial charge in [-0.3, -0.25) is 5.32 Å². The van der Waals surface area contributed by atoms with Crippen molar-refractivity contribution in [2.24, 2.45) is 5.92 Å². The first-order valence-electron chi connectivity index (χ1n) is 9.43. The van der Waals surface area contributed by atoms with Crippen molar-refractivity contribution in [1.29, 1.82) is 0 Å². The quantitative estimate of drug-likeness (QED) is 0.598. The number of allylic oxidation sites excluding steroid dienone is 2. The molecule has 132 valence electrons. The molecule has 2 rings (SSSR count). The minimum Gasteiger partial charge on any atom is -0.449 e. The monoisotopic (exact) mass is 329 g/mol. The van der Waals surface area contributed by atoms with Gasteiger partial charge in [0.2, 0.25) is 0 Å². The van der Waals surface area contributed by atoms with Crippen molar-refractivity contribution < 1.29 is 9.53 Å². The van der Waals surface area contributed by atoms with Crippen LogP contribution in [0, 0.1) is 5.92 Å². The Kier molecular flexibility index (Phi) is 7.87. The van der Waals surface area contributed by atoms with E-state index in [0.29, 0.717) is 12.5 Å². The minimum atomic E-state index is -0.371. The van der Waals surface area contributed by atoms with Gasteiger partial charge in [0.05, 0.1) is 6.61 Å². The molecule has 0 atom stereocenters. The second-order valence-electron chi connectivity index (χ2n) is 6.71. The first kappa shape index (κ1) is 18.6. The van der Waals surface area contributed by atoms with E-state index >= 15 is 0 Å². The number of rotatable bonds is 7. The summed E-state index contributed by atoms with van der Waals surface area (Å²) in [6.45, 7) is 4.67. The van der Waals surface area contributed by atoms with Crippen LogP contribution < -0.4 is 5.32 Å². The van der Waals surface area contributed by atoms with Crippen LogP contribution in [-0.4, -0.2) is 12.7 Å². The lowest BCUT2D eigenvalue weighted by Gasteiger charge is -2.27. The summed E-state index contributed by atoms with van der Waals surface area (Å²) in [5, 5.41) is 2.77. The number of hydrogen-bond donors (Lipinski definition) is 1. The summed E-state index contributed by atoms with van der Waals surface area (Å²) in [6.07, 6.45) is 12.8. The molecular formula is C21H31NO2. The largest absolute Gasteiger partial charge is 0.449 e. The smallest absolute Gasteiger partial charge is 0.411 e. The average Bonchev–Trinajstić information content (AvgIpc) is 2.61. The van der Waals surface area contributed by atoms with E-state index in [1.165, 1.54) is 44.1 Å². The molecule has 0 spiro atoms. The molecule has 1 aliphatic carbocycles. The minimum absolute atomic E-state index is 0.371. The lowest BCUT2D eigenvalue weighted by molar-refractivity contribution is 0.161. The van der Waals surface area contributed by atoms with Crippen molar-refractivity contribution in [2.75, 3.05) is 11.9 Å². The van der Waals surface area contributed by atoms with E-state index in [9.17, 15) is 4.79 Å². The SMILES string of the molecule is CCCC=C[C@H]1CC[C@H](c2ccc(NC(=O)OCCC)cc2)CC1. The van der Waals surface area contributed by atoms with Gasteiger partial charge in [0.25, 0.3) is 0 Å². The maximum absolute atomic E-state index is 11.6. The highest BCUT2D eigenvalue weighted by Crippen LogP contribution is 2.36. The summed E-state index contributed by atoms with van der Waals surface area (Å²) in [5.74, 6) is 1.42. The summed E-state index contributed by atoms with van der Waals surface area (Å²) < 4.78 is 5.04. The Labute approximate surface area is 146 Å². The molecule has 0 aromatic heterocycles.